The number of carbonyl (C=O) groups is 1. The van der Waals surface area contributed by atoms with Crippen molar-refractivity contribution in [2.24, 2.45) is 11.7 Å². The zero-order chi connectivity index (χ0) is 15.7. The molecule has 8 heteroatoms. The van der Waals surface area contributed by atoms with E-state index in [1.165, 1.54) is 6.07 Å². The molecular weight excluding hydrogens is 286 g/mol. The molecule has 2 fully saturated rings. The number of primary amides is 1. The molecule has 8 nitrogen and oxygen atoms in total. The van der Waals surface area contributed by atoms with Crippen LogP contribution in [0.25, 0.3) is 0 Å². The van der Waals surface area contributed by atoms with Crippen LogP contribution in [0, 0.1) is 16.0 Å². The van der Waals surface area contributed by atoms with E-state index in [0.29, 0.717) is 5.69 Å². The Kier molecular flexibility index (Phi) is 3.95. The zero-order valence-electron chi connectivity index (χ0n) is 12.0. The lowest BCUT2D eigenvalue weighted by Crippen LogP contribution is -2.44. The van der Waals surface area contributed by atoms with Gasteiger partial charge in [-0.15, -0.1) is 0 Å². The van der Waals surface area contributed by atoms with Crippen molar-refractivity contribution in [1.82, 2.24) is 10.9 Å². The number of para-hydroxylation sites is 2. The quantitative estimate of drug-likeness (QED) is 0.475. The molecule has 0 aromatic heterocycles. The summed E-state index contributed by atoms with van der Waals surface area (Å²) in [5.41, 5.74) is 12.1. The number of nitrogens with one attached hydrogen (secondary N) is 3. The molecule has 5 N–H and O–H groups in total. The fraction of sp³-hybridized carbons (Fsp3) is 0.500. The van der Waals surface area contributed by atoms with E-state index < -0.39 is 4.92 Å². The molecule has 1 amide bonds. The maximum absolute atomic E-state index is 11.5. The molecule has 0 radical (unpaired) electrons. The number of hydrogen-bond acceptors (Lipinski definition) is 6. The van der Waals surface area contributed by atoms with Gasteiger partial charge in [0.1, 0.15) is 11.7 Å². The third kappa shape index (κ3) is 2.75. The zero-order valence-corrected chi connectivity index (χ0v) is 12.0. The number of fused-ring (bicyclic) bond motifs is 1. The molecule has 4 unspecified atom stereocenters. The van der Waals surface area contributed by atoms with Gasteiger partial charge in [0.15, 0.2) is 0 Å². The van der Waals surface area contributed by atoms with Crippen molar-refractivity contribution in [2.75, 3.05) is 5.32 Å². The van der Waals surface area contributed by atoms with Gasteiger partial charge in [-0.05, 0) is 25.3 Å². The van der Waals surface area contributed by atoms with Gasteiger partial charge in [-0.3, -0.25) is 20.3 Å². The van der Waals surface area contributed by atoms with Crippen LogP contribution < -0.4 is 21.9 Å². The third-order valence-electron chi connectivity index (χ3n) is 4.52. The van der Waals surface area contributed by atoms with Crippen LogP contribution >= 0.6 is 0 Å². The highest BCUT2D eigenvalue weighted by Crippen LogP contribution is 2.33. The summed E-state index contributed by atoms with van der Waals surface area (Å²) in [5.74, 6) is -0.266. The number of anilines is 1. The summed E-state index contributed by atoms with van der Waals surface area (Å²) < 4.78 is 0. The molecule has 0 spiro atoms. The molecule has 1 aromatic rings. The number of nitro groups is 1. The van der Waals surface area contributed by atoms with Gasteiger partial charge in [0, 0.05) is 24.1 Å². The van der Waals surface area contributed by atoms with Crippen LogP contribution in [0.5, 0.6) is 0 Å². The molecule has 0 bridgehead atoms. The second-order valence-electron chi connectivity index (χ2n) is 5.87. The third-order valence-corrected chi connectivity index (χ3v) is 4.52. The average Bonchev–Trinajstić information content (AvgIpc) is 2.91. The molecule has 1 aliphatic heterocycles. The van der Waals surface area contributed by atoms with E-state index in [9.17, 15) is 14.9 Å². The van der Waals surface area contributed by atoms with Crippen molar-refractivity contribution in [3.63, 3.8) is 0 Å². The first-order valence-corrected chi connectivity index (χ1v) is 7.36. The minimum atomic E-state index is -0.390. The Labute approximate surface area is 127 Å². The number of nitrogens with two attached hydrogens (primary N) is 1. The van der Waals surface area contributed by atoms with Crippen molar-refractivity contribution in [3.8, 4) is 0 Å². The smallest absolute Gasteiger partial charge is 0.292 e. The van der Waals surface area contributed by atoms with Gasteiger partial charge in [-0.25, -0.2) is 5.43 Å². The first-order chi connectivity index (χ1) is 10.6. The van der Waals surface area contributed by atoms with Crippen molar-refractivity contribution >= 4 is 17.3 Å². The molecule has 1 aromatic carbocycles. The standard InChI is InChI=1S/C14H19N5O3/c15-14(20)13-9-7-8(5-6-10(9)17-18-13)16-11-3-1-2-4-12(11)19(21)22/h1-4,8-10,13,16-18H,5-7H2,(H2,15,20). The number of rotatable bonds is 4. The number of amides is 1. The summed E-state index contributed by atoms with van der Waals surface area (Å²) in [6.07, 6.45) is 2.51. The van der Waals surface area contributed by atoms with E-state index in [1.807, 2.05) is 0 Å². The second kappa shape index (κ2) is 5.90. The van der Waals surface area contributed by atoms with Gasteiger partial charge in [0.25, 0.3) is 5.69 Å². The molecule has 1 saturated heterocycles. The van der Waals surface area contributed by atoms with E-state index in [2.05, 4.69) is 16.2 Å². The number of carbonyl (C=O) groups excluding carboxylic acids is 1. The molecule has 4 atom stereocenters. The lowest BCUT2D eigenvalue weighted by molar-refractivity contribution is -0.384. The van der Waals surface area contributed by atoms with Crippen LogP contribution in [0.3, 0.4) is 0 Å². The van der Waals surface area contributed by atoms with E-state index in [4.69, 9.17) is 5.73 Å². The Morgan fingerprint density at radius 3 is 2.82 bits per heavy atom. The Morgan fingerprint density at radius 1 is 1.32 bits per heavy atom. The summed E-state index contributed by atoms with van der Waals surface area (Å²) >= 11 is 0. The van der Waals surface area contributed by atoms with Gasteiger partial charge >= 0.3 is 0 Å². The Bertz CT molecular complexity index is 594. The molecule has 1 saturated carbocycles. The molecular formula is C14H19N5O3. The van der Waals surface area contributed by atoms with Crippen LogP contribution in [-0.2, 0) is 4.79 Å². The summed E-state index contributed by atoms with van der Waals surface area (Å²) in [6, 6.07) is 6.53. The monoisotopic (exact) mass is 305 g/mol. The fourth-order valence-corrected chi connectivity index (χ4v) is 3.44. The summed E-state index contributed by atoms with van der Waals surface area (Å²) in [4.78, 5) is 22.2. The van der Waals surface area contributed by atoms with E-state index in [-0.39, 0.29) is 35.6 Å². The highest BCUT2D eigenvalue weighted by molar-refractivity contribution is 5.80. The fourth-order valence-electron chi connectivity index (χ4n) is 3.44. The first-order valence-electron chi connectivity index (χ1n) is 7.36. The van der Waals surface area contributed by atoms with Crippen molar-refractivity contribution in [2.45, 2.75) is 37.4 Å². The SMILES string of the molecule is NC(=O)C1NNC2CCC(Nc3ccccc3[N+](=O)[O-])CC21. The summed E-state index contributed by atoms with van der Waals surface area (Å²) in [7, 11) is 0. The minimum Gasteiger partial charge on any atom is -0.377 e. The normalized spacial score (nSPS) is 30.5. The predicted octanol–water partition coefficient (Wildman–Crippen LogP) is 0.506. The molecule has 3 rings (SSSR count). The number of hydrogen-bond donors (Lipinski definition) is 4. The van der Waals surface area contributed by atoms with E-state index in [1.54, 1.807) is 18.2 Å². The van der Waals surface area contributed by atoms with Crippen LogP contribution in [0.1, 0.15) is 19.3 Å². The predicted molar refractivity (Wildman–Crippen MR) is 80.9 cm³/mol. The lowest BCUT2D eigenvalue weighted by Gasteiger charge is -2.33. The molecule has 1 aliphatic carbocycles. The van der Waals surface area contributed by atoms with Gasteiger partial charge in [-0.2, -0.15) is 0 Å². The molecule has 1 heterocycles. The first kappa shape index (κ1) is 14.7. The largest absolute Gasteiger partial charge is 0.377 e. The number of nitro benzene ring substituents is 1. The molecule has 2 aliphatic rings. The summed E-state index contributed by atoms with van der Waals surface area (Å²) in [5, 5.41) is 14.3. The van der Waals surface area contributed by atoms with Crippen LogP contribution in [0.15, 0.2) is 24.3 Å². The number of nitrogens with zero attached hydrogens (tertiary/aromatic N) is 1. The van der Waals surface area contributed by atoms with Gasteiger partial charge < -0.3 is 11.1 Å². The Morgan fingerprint density at radius 2 is 2.09 bits per heavy atom. The van der Waals surface area contributed by atoms with Gasteiger partial charge in [0.2, 0.25) is 5.91 Å². The highest BCUT2D eigenvalue weighted by atomic mass is 16.6. The van der Waals surface area contributed by atoms with Crippen LogP contribution in [0.4, 0.5) is 11.4 Å². The Balaban J connectivity index is 1.72. The molecule has 22 heavy (non-hydrogen) atoms. The van der Waals surface area contributed by atoms with Crippen LogP contribution in [-0.4, -0.2) is 29.0 Å². The van der Waals surface area contributed by atoms with E-state index in [0.717, 1.165) is 19.3 Å². The van der Waals surface area contributed by atoms with Crippen molar-refractivity contribution in [3.05, 3.63) is 34.4 Å². The maximum atomic E-state index is 11.5. The highest BCUT2D eigenvalue weighted by Gasteiger charge is 2.43. The van der Waals surface area contributed by atoms with Gasteiger partial charge in [-0.1, -0.05) is 12.1 Å². The molecule has 118 valence electrons. The van der Waals surface area contributed by atoms with Crippen LogP contribution in [0.2, 0.25) is 0 Å². The van der Waals surface area contributed by atoms with Gasteiger partial charge in [0.05, 0.1) is 4.92 Å². The number of benzene rings is 1. The second-order valence-corrected chi connectivity index (χ2v) is 5.87. The van der Waals surface area contributed by atoms with Crippen molar-refractivity contribution < 1.29 is 9.72 Å². The maximum Gasteiger partial charge on any atom is 0.292 e. The topological polar surface area (TPSA) is 122 Å². The summed E-state index contributed by atoms with van der Waals surface area (Å²) in [6.45, 7) is 0. The number of hydrazine groups is 1. The Hall–Kier alpha value is -2.19. The lowest BCUT2D eigenvalue weighted by atomic mass is 9.79. The minimum absolute atomic E-state index is 0.0683. The average molecular weight is 305 g/mol. The van der Waals surface area contributed by atoms with E-state index >= 15 is 0 Å². The van der Waals surface area contributed by atoms with Crippen molar-refractivity contribution in [1.29, 1.82) is 0 Å².